The van der Waals surface area contributed by atoms with E-state index in [0.717, 1.165) is 24.1 Å². The monoisotopic (exact) mass is 444 g/mol. The van der Waals surface area contributed by atoms with E-state index in [-0.39, 0.29) is 0 Å². The number of benzene rings is 3. The first kappa shape index (κ1) is 27.1. The van der Waals surface area contributed by atoms with E-state index in [1.807, 2.05) is 24.3 Å². The number of carbonyl (C=O) groups is 2. The second-order valence-electron chi connectivity index (χ2n) is 7.42. The third-order valence-electron chi connectivity index (χ3n) is 4.45. The molecule has 3 rings (SSSR count). The molecule has 0 unspecified atom stereocenters. The third-order valence-corrected chi connectivity index (χ3v) is 4.45. The predicted molar refractivity (Wildman–Crippen MR) is 137 cm³/mol. The summed E-state index contributed by atoms with van der Waals surface area (Å²) < 4.78 is 10.4. The van der Waals surface area contributed by atoms with Crippen LogP contribution in [0.15, 0.2) is 91.0 Å². The number of ether oxygens (including phenoxy) is 2. The van der Waals surface area contributed by atoms with Crippen LogP contribution in [0.2, 0.25) is 0 Å². The molecule has 0 saturated heterocycles. The molecule has 0 N–H and O–H groups in total. The standard InChI is InChI=1S/C21H20O2.2C4H6O/c1-15-14-18(16-4-9-19(22-2)10-5-16)8-13-21(15)17-6-11-20(23-3)12-7-17;2*1-4(2)3-5/h4-14H,1-3H3;2*3H,1H2,2H3. The highest BCUT2D eigenvalue weighted by Crippen LogP contribution is 2.30. The third kappa shape index (κ3) is 9.40. The molecule has 0 fully saturated rings. The highest BCUT2D eigenvalue weighted by molar-refractivity contribution is 5.74. The maximum atomic E-state index is 9.41. The summed E-state index contributed by atoms with van der Waals surface area (Å²) in [5.74, 6) is 1.75. The molecule has 0 amide bonds. The van der Waals surface area contributed by atoms with Crippen molar-refractivity contribution in [2.75, 3.05) is 14.2 Å². The van der Waals surface area contributed by atoms with Crippen molar-refractivity contribution in [2.45, 2.75) is 20.8 Å². The van der Waals surface area contributed by atoms with Gasteiger partial charge in [-0.25, -0.2) is 0 Å². The van der Waals surface area contributed by atoms with Crippen LogP contribution in [0.4, 0.5) is 0 Å². The van der Waals surface area contributed by atoms with E-state index >= 15 is 0 Å². The number of aryl methyl sites for hydroxylation is 1. The lowest BCUT2D eigenvalue weighted by Gasteiger charge is -2.10. The Bertz CT molecular complexity index is 1040. The molecule has 0 bridgehead atoms. The normalized spacial score (nSPS) is 9.24. The fraction of sp³-hybridized carbons (Fsp3) is 0.172. The molecule has 0 heterocycles. The number of allylic oxidation sites excluding steroid dienone is 2. The van der Waals surface area contributed by atoms with Crippen LogP contribution in [0.1, 0.15) is 19.4 Å². The quantitative estimate of drug-likeness (QED) is 0.307. The van der Waals surface area contributed by atoms with Gasteiger partial charge in [-0.15, -0.1) is 0 Å². The molecule has 33 heavy (non-hydrogen) atoms. The molecule has 0 saturated carbocycles. The highest BCUT2D eigenvalue weighted by Gasteiger charge is 2.05. The number of hydrogen-bond donors (Lipinski definition) is 0. The van der Waals surface area contributed by atoms with Crippen molar-refractivity contribution in [3.8, 4) is 33.8 Å². The molecule has 3 aromatic rings. The average molecular weight is 445 g/mol. The molecule has 0 aliphatic heterocycles. The van der Waals surface area contributed by atoms with Crippen LogP contribution in [-0.2, 0) is 9.59 Å². The molecule has 4 nitrogen and oxygen atoms in total. The zero-order valence-corrected chi connectivity index (χ0v) is 20.1. The summed E-state index contributed by atoms with van der Waals surface area (Å²) in [7, 11) is 3.37. The van der Waals surface area contributed by atoms with Gasteiger partial charge in [0.2, 0.25) is 0 Å². The van der Waals surface area contributed by atoms with Crippen LogP contribution in [0.5, 0.6) is 11.5 Å². The lowest BCUT2D eigenvalue weighted by molar-refractivity contribution is -0.105. The Hall–Kier alpha value is -3.92. The lowest BCUT2D eigenvalue weighted by atomic mass is 9.96. The van der Waals surface area contributed by atoms with Crippen molar-refractivity contribution in [1.29, 1.82) is 0 Å². The van der Waals surface area contributed by atoms with Crippen LogP contribution in [0, 0.1) is 6.92 Å². The fourth-order valence-corrected chi connectivity index (χ4v) is 2.72. The Kier molecular flexibility index (Phi) is 11.7. The summed E-state index contributed by atoms with van der Waals surface area (Å²) in [6.45, 7) is 12.1. The Morgan fingerprint density at radius 1 is 0.667 bits per heavy atom. The first-order chi connectivity index (χ1) is 15.7. The smallest absolute Gasteiger partial charge is 0.145 e. The van der Waals surface area contributed by atoms with Gasteiger partial charge in [0.05, 0.1) is 14.2 Å². The Morgan fingerprint density at radius 2 is 1.03 bits per heavy atom. The van der Waals surface area contributed by atoms with E-state index in [1.54, 1.807) is 28.1 Å². The van der Waals surface area contributed by atoms with Crippen molar-refractivity contribution < 1.29 is 19.1 Å². The van der Waals surface area contributed by atoms with Crippen LogP contribution < -0.4 is 9.47 Å². The lowest BCUT2D eigenvalue weighted by Crippen LogP contribution is -1.87. The van der Waals surface area contributed by atoms with Crippen molar-refractivity contribution in [1.82, 2.24) is 0 Å². The Balaban J connectivity index is 0.000000460. The van der Waals surface area contributed by atoms with E-state index in [0.29, 0.717) is 11.1 Å². The van der Waals surface area contributed by atoms with E-state index in [1.165, 1.54) is 27.8 Å². The summed E-state index contributed by atoms with van der Waals surface area (Å²) in [6.07, 6.45) is 1.44. The minimum Gasteiger partial charge on any atom is -0.497 e. The van der Waals surface area contributed by atoms with Crippen molar-refractivity contribution in [3.63, 3.8) is 0 Å². The Morgan fingerprint density at radius 3 is 1.36 bits per heavy atom. The van der Waals surface area contributed by atoms with Crippen molar-refractivity contribution >= 4 is 12.6 Å². The van der Waals surface area contributed by atoms with Crippen LogP contribution >= 0.6 is 0 Å². The van der Waals surface area contributed by atoms with Gasteiger partial charge < -0.3 is 9.47 Å². The molecule has 0 radical (unpaired) electrons. The molecule has 0 atom stereocenters. The number of rotatable bonds is 6. The molecule has 172 valence electrons. The van der Waals surface area contributed by atoms with Gasteiger partial charge in [0.15, 0.2) is 0 Å². The predicted octanol–water partition coefficient (Wildman–Crippen LogP) is 6.87. The topological polar surface area (TPSA) is 52.6 Å². The summed E-state index contributed by atoms with van der Waals surface area (Å²) >= 11 is 0. The van der Waals surface area contributed by atoms with Gasteiger partial charge in [-0.05, 0) is 84.0 Å². The van der Waals surface area contributed by atoms with Gasteiger partial charge >= 0.3 is 0 Å². The van der Waals surface area contributed by atoms with E-state index in [4.69, 9.17) is 9.47 Å². The van der Waals surface area contributed by atoms with Gasteiger partial charge in [0, 0.05) is 0 Å². The molecule has 0 aliphatic carbocycles. The second-order valence-corrected chi connectivity index (χ2v) is 7.42. The largest absolute Gasteiger partial charge is 0.497 e. The van der Waals surface area contributed by atoms with Crippen LogP contribution in [0.3, 0.4) is 0 Å². The minimum absolute atomic E-state index is 0.574. The maximum absolute atomic E-state index is 9.41. The molecular formula is C29H32O4. The molecule has 0 spiro atoms. The number of carbonyl (C=O) groups excluding carboxylic acids is 2. The zero-order chi connectivity index (χ0) is 24.8. The fourth-order valence-electron chi connectivity index (χ4n) is 2.72. The van der Waals surface area contributed by atoms with Gasteiger partial charge in [0.1, 0.15) is 24.1 Å². The number of aldehydes is 2. The van der Waals surface area contributed by atoms with E-state index in [2.05, 4.69) is 62.5 Å². The van der Waals surface area contributed by atoms with Gasteiger partial charge in [-0.3, -0.25) is 9.59 Å². The van der Waals surface area contributed by atoms with Crippen LogP contribution in [-0.4, -0.2) is 26.8 Å². The molecular weight excluding hydrogens is 412 g/mol. The van der Waals surface area contributed by atoms with Gasteiger partial charge in [-0.2, -0.15) is 0 Å². The van der Waals surface area contributed by atoms with Crippen molar-refractivity contribution in [3.05, 3.63) is 96.6 Å². The van der Waals surface area contributed by atoms with E-state index < -0.39 is 0 Å². The summed E-state index contributed by atoms with van der Waals surface area (Å²) in [4.78, 5) is 18.8. The molecule has 3 aromatic carbocycles. The summed E-state index contributed by atoms with van der Waals surface area (Å²) in [5.41, 5.74) is 7.24. The van der Waals surface area contributed by atoms with E-state index in [9.17, 15) is 9.59 Å². The molecule has 0 aliphatic rings. The van der Waals surface area contributed by atoms with Crippen LogP contribution in [0.25, 0.3) is 22.3 Å². The first-order valence-electron chi connectivity index (χ1n) is 10.4. The first-order valence-corrected chi connectivity index (χ1v) is 10.4. The minimum atomic E-state index is 0.574. The summed E-state index contributed by atoms with van der Waals surface area (Å²) in [5, 5.41) is 0. The average Bonchev–Trinajstić information content (AvgIpc) is 2.84. The summed E-state index contributed by atoms with van der Waals surface area (Å²) in [6, 6.07) is 22.9. The van der Waals surface area contributed by atoms with Crippen molar-refractivity contribution in [2.24, 2.45) is 0 Å². The zero-order valence-electron chi connectivity index (χ0n) is 20.1. The number of methoxy groups -OCH3 is 2. The maximum Gasteiger partial charge on any atom is 0.145 e. The SMILES string of the molecule is C=C(C)C=O.C=C(C)C=O.COc1ccc(-c2ccc(-c3ccc(OC)cc3)c(C)c2)cc1. The van der Waals surface area contributed by atoms with Gasteiger partial charge in [0.25, 0.3) is 0 Å². The highest BCUT2D eigenvalue weighted by atomic mass is 16.5. The number of hydrogen-bond acceptors (Lipinski definition) is 4. The molecule has 0 aromatic heterocycles. The van der Waals surface area contributed by atoms with Gasteiger partial charge in [-0.1, -0.05) is 55.6 Å². The molecule has 4 heteroatoms. The second kappa shape index (κ2) is 14.2. The Labute approximate surface area is 197 Å².